The molecule has 3 nitrogen and oxygen atoms in total. The van der Waals surface area contributed by atoms with Gasteiger partial charge in [-0.1, -0.05) is 19.3 Å². The summed E-state index contributed by atoms with van der Waals surface area (Å²) in [5, 5.41) is 3.59. The number of aromatic nitrogens is 2. The molecular formula is C12H18F3N3. The molecule has 1 aliphatic carbocycles. The van der Waals surface area contributed by atoms with E-state index in [1.165, 1.54) is 4.68 Å². The predicted octanol–water partition coefficient (Wildman–Crippen LogP) is 2.60. The van der Waals surface area contributed by atoms with Crippen LogP contribution < -0.4 is 5.73 Å². The molecule has 6 heteroatoms. The Labute approximate surface area is 104 Å². The minimum Gasteiger partial charge on any atom is -0.330 e. The lowest BCUT2D eigenvalue weighted by atomic mass is 9.71. The van der Waals surface area contributed by atoms with Crippen molar-refractivity contribution in [3.05, 3.63) is 17.5 Å². The van der Waals surface area contributed by atoms with Crippen molar-refractivity contribution in [2.45, 2.75) is 43.7 Å². The third kappa shape index (κ3) is 2.25. The van der Waals surface area contributed by atoms with Crippen LogP contribution in [0.15, 0.2) is 6.07 Å². The van der Waals surface area contributed by atoms with Crippen LogP contribution in [0.3, 0.4) is 0 Å². The normalized spacial score (nSPS) is 20.1. The number of hydrogen-bond donors (Lipinski definition) is 1. The van der Waals surface area contributed by atoms with Crippen molar-refractivity contribution in [2.24, 2.45) is 12.8 Å². The van der Waals surface area contributed by atoms with Crippen LogP contribution >= 0.6 is 0 Å². The zero-order chi connectivity index (χ0) is 13.4. The van der Waals surface area contributed by atoms with Crippen molar-refractivity contribution in [1.29, 1.82) is 0 Å². The maximum absolute atomic E-state index is 12.7. The van der Waals surface area contributed by atoms with Gasteiger partial charge in [0.05, 0.1) is 0 Å². The highest BCUT2D eigenvalue weighted by atomic mass is 19.4. The Morgan fingerprint density at radius 2 is 1.94 bits per heavy atom. The van der Waals surface area contributed by atoms with Crippen LogP contribution in [0, 0.1) is 0 Å². The summed E-state index contributed by atoms with van der Waals surface area (Å²) in [6.07, 6.45) is 0.473. The highest BCUT2D eigenvalue weighted by molar-refractivity contribution is 5.23. The first-order valence-electron chi connectivity index (χ1n) is 6.21. The summed E-state index contributed by atoms with van der Waals surface area (Å²) in [5.74, 6) is 0. The molecule has 18 heavy (non-hydrogen) atoms. The molecule has 1 saturated carbocycles. The van der Waals surface area contributed by atoms with E-state index in [2.05, 4.69) is 5.10 Å². The van der Waals surface area contributed by atoms with Crippen LogP contribution in [0.4, 0.5) is 13.2 Å². The average molecular weight is 261 g/mol. The molecule has 0 unspecified atom stereocenters. The topological polar surface area (TPSA) is 43.8 Å². The van der Waals surface area contributed by atoms with Gasteiger partial charge in [0.2, 0.25) is 0 Å². The van der Waals surface area contributed by atoms with E-state index in [4.69, 9.17) is 5.73 Å². The molecule has 102 valence electrons. The lowest BCUT2D eigenvalue weighted by Gasteiger charge is -2.36. The molecule has 0 atom stereocenters. The van der Waals surface area contributed by atoms with Crippen molar-refractivity contribution < 1.29 is 13.2 Å². The van der Waals surface area contributed by atoms with Crippen LogP contribution in [0.25, 0.3) is 0 Å². The summed E-state index contributed by atoms with van der Waals surface area (Å²) in [6.45, 7) is 0.379. The predicted molar refractivity (Wildman–Crippen MR) is 62.0 cm³/mol. The summed E-state index contributed by atoms with van der Waals surface area (Å²) < 4.78 is 39.4. The van der Waals surface area contributed by atoms with Crippen molar-refractivity contribution in [1.82, 2.24) is 9.78 Å². The van der Waals surface area contributed by atoms with Gasteiger partial charge in [0, 0.05) is 24.7 Å². The highest BCUT2D eigenvalue weighted by Crippen LogP contribution is 2.40. The second kappa shape index (κ2) is 4.57. The number of halogens is 3. The zero-order valence-corrected chi connectivity index (χ0v) is 10.4. The third-order valence-corrected chi connectivity index (χ3v) is 3.92. The van der Waals surface area contributed by atoms with Crippen LogP contribution in [-0.4, -0.2) is 16.3 Å². The molecule has 0 amide bonds. The summed E-state index contributed by atoms with van der Waals surface area (Å²) >= 11 is 0. The second-order valence-electron chi connectivity index (χ2n) is 5.08. The van der Waals surface area contributed by atoms with Gasteiger partial charge >= 0.3 is 6.18 Å². The fourth-order valence-corrected chi connectivity index (χ4v) is 2.90. The lowest BCUT2D eigenvalue weighted by molar-refractivity contribution is -0.141. The summed E-state index contributed by atoms with van der Waals surface area (Å²) in [6, 6.07) is 1.16. The molecule has 1 aromatic heterocycles. The van der Waals surface area contributed by atoms with Gasteiger partial charge in [0.25, 0.3) is 0 Å². The van der Waals surface area contributed by atoms with Gasteiger partial charge in [-0.05, 0) is 18.9 Å². The molecule has 0 spiro atoms. The highest BCUT2D eigenvalue weighted by Gasteiger charge is 2.40. The van der Waals surface area contributed by atoms with E-state index in [1.807, 2.05) is 0 Å². The Kier molecular flexibility index (Phi) is 3.40. The van der Waals surface area contributed by atoms with Crippen LogP contribution in [-0.2, 0) is 18.6 Å². The molecule has 0 aliphatic heterocycles. The fraction of sp³-hybridized carbons (Fsp3) is 0.750. The van der Waals surface area contributed by atoms with Gasteiger partial charge in [-0.3, -0.25) is 4.68 Å². The quantitative estimate of drug-likeness (QED) is 0.889. The molecule has 1 aromatic rings. The average Bonchev–Trinajstić information content (AvgIpc) is 2.73. The number of nitrogens with zero attached hydrogens (tertiary/aromatic N) is 2. The van der Waals surface area contributed by atoms with E-state index in [9.17, 15) is 13.2 Å². The molecule has 1 heterocycles. The third-order valence-electron chi connectivity index (χ3n) is 3.92. The zero-order valence-electron chi connectivity index (χ0n) is 10.4. The molecule has 1 aliphatic rings. The van der Waals surface area contributed by atoms with Gasteiger partial charge in [-0.2, -0.15) is 18.3 Å². The van der Waals surface area contributed by atoms with E-state index >= 15 is 0 Å². The Bertz CT molecular complexity index is 417. The van der Waals surface area contributed by atoms with E-state index in [0.29, 0.717) is 12.2 Å². The number of alkyl halides is 3. The molecule has 0 saturated heterocycles. The first kappa shape index (κ1) is 13.4. The molecular weight excluding hydrogens is 243 g/mol. The summed E-state index contributed by atoms with van der Waals surface area (Å²) in [5.41, 5.74) is 5.31. The van der Waals surface area contributed by atoms with Gasteiger partial charge in [-0.15, -0.1) is 0 Å². The van der Waals surface area contributed by atoms with Crippen LogP contribution in [0.2, 0.25) is 0 Å². The number of nitrogens with two attached hydrogens (primary N) is 1. The maximum Gasteiger partial charge on any atom is 0.435 e. The first-order valence-corrected chi connectivity index (χ1v) is 6.21. The number of rotatable bonds is 2. The monoisotopic (exact) mass is 261 g/mol. The van der Waals surface area contributed by atoms with Crippen LogP contribution in [0.1, 0.15) is 43.5 Å². The number of hydrogen-bond acceptors (Lipinski definition) is 2. The first-order chi connectivity index (χ1) is 8.39. The lowest BCUT2D eigenvalue weighted by Crippen LogP contribution is -2.38. The van der Waals surface area contributed by atoms with Crippen molar-refractivity contribution in [2.75, 3.05) is 6.54 Å². The fourth-order valence-electron chi connectivity index (χ4n) is 2.90. The molecule has 0 bridgehead atoms. The summed E-state index contributed by atoms with van der Waals surface area (Å²) in [4.78, 5) is 0. The molecule has 0 aromatic carbocycles. The van der Waals surface area contributed by atoms with Gasteiger partial charge in [0.1, 0.15) is 0 Å². The Hall–Kier alpha value is -1.04. The number of aryl methyl sites for hydroxylation is 1. The molecule has 0 radical (unpaired) electrons. The van der Waals surface area contributed by atoms with E-state index in [0.717, 1.165) is 38.2 Å². The van der Waals surface area contributed by atoms with Crippen molar-refractivity contribution in [3.63, 3.8) is 0 Å². The standard InChI is InChI=1S/C12H18F3N3/c1-18-10(7-9(17-18)12(13,14)15)11(8-16)5-3-2-4-6-11/h7H,2-6,8,16H2,1H3. The van der Waals surface area contributed by atoms with Gasteiger partial charge in [-0.25, -0.2) is 0 Å². The maximum atomic E-state index is 12.7. The van der Waals surface area contributed by atoms with Gasteiger partial charge < -0.3 is 5.73 Å². The van der Waals surface area contributed by atoms with E-state index < -0.39 is 11.9 Å². The summed E-state index contributed by atoms with van der Waals surface area (Å²) in [7, 11) is 1.57. The molecule has 2 rings (SSSR count). The van der Waals surface area contributed by atoms with Gasteiger partial charge in [0.15, 0.2) is 5.69 Å². The Morgan fingerprint density at radius 1 is 1.33 bits per heavy atom. The second-order valence-corrected chi connectivity index (χ2v) is 5.08. The minimum absolute atomic E-state index is 0.330. The van der Waals surface area contributed by atoms with Crippen molar-refractivity contribution in [3.8, 4) is 0 Å². The largest absolute Gasteiger partial charge is 0.435 e. The van der Waals surface area contributed by atoms with E-state index in [-0.39, 0.29) is 5.41 Å². The molecule has 2 N–H and O–H groups in total. The molecule has 1 fully saturated rings. The van der Waals surface area contributed by atoms with Crippen LogP contribution in [0.5, 0.6) is 0 Å². The van der Waals surface area contributed by atoms with Crippen molar-refractivity contribution >= 4 is 0 Å². The van der Waals surface area contributed by atoms with E-state index in [1.54, 1.807) is 7.05 Å². The Morgan fingerprint density at radius 3 is 2.39 bits per heavy atom. The minimum atomic E-state index is -4.39. The SMILES string of the molecule is Cn1nc(C(F)(F)F)cc1C1(CN)CCCCC1. The smallest absolute Gasteiger partial charge is 0.330 e. The Balaban J connectivity index is 2.40.